The summed E-state index contributed by atoms with van der Waals surface area (Å²) in [6, 6.07) is 24.5. The molecule has 0 radical (unpaired) electrons. The van der Waals surface area contributed by atoms with Gasteiger partial charge in [-0.15, -0.1) is 0 Å². The van der Waals surface area contributed by atoms with E-state index in [0.717, 1.165) is 24.8 Å². The molecule has 3 aromatic carbocycles. The molecule has 1 fully saturated rings. The summed E-state index contributed by atoms with van der Waals surface area (Å²) < 4.78 is 0. The standard InChI is InChI=1S/C30H31N3O3/c1-21(17-18-22-10-3-2-4-11-22)31-28(34)24-13-6-5-12-23(24)20-33-26-15-8-7-14-25(26)29(35)32-19-9-16-27(32)30(33)36/h2-8,10-15,21,27H,9,16-20H2,1H3,(H,31,34)/t21-,27-/m0/s1. The van der Waals surface area contributed by atoms with Gasteiger partial charge in [0.2, 0.25) is 5.91 Å². The molecular weight excluding hydrogens is 450 g/mol. The molecule has 6 nitrogen and oxygen atoms in total. The second-order valence-electron chi connectivity index (χ2n) is 9.65. The van der Waals surface area contributed by atoms with E-state index < -0.39 is 6.04 Å². The van der Waals surface area contributed by atoms with Crippen molar-refractivity contribution in [3.63, 3.8) is 0 Å². The number of anilines is 1. The molecule has 36 heavy (non-hydrogen) atoms. The Morgan fingerprint density at radius 1 is 0.972 bits per heavy atom. The van der Waals surface area contributed by atoms with Gasteiger partial charge in [-0.25, -0.2) is 0 Å². The van der Waals surface area contributed by atoms with Crippen LogP contribution in [-0.2, 0) is 17.8 Å². The third-order valence-electron chi connectivity index (χ3n) is 7.17. The maximum Gasteiger partial charge on any atom is 0.256 e. The van der Waals surface area contributed by atoms with E-state index >= 15 is 0 Å². The number of rotatable bonds is 7. The molecule has 2 heterocycles. The van der Waals surface area contributed by atoms with Gasteiger partial charge in [-0.3, -0.25) is 14.4 Å². The number of benzene rings is 3. The van der Waals surface area contributed by atoms with E-state index in [1.54, 1.807) is 21.9 Å². The van der Waals surface area contributed by atoms with E-state index in [-0.39, 0.29) is 30.3 Å². The lowest BCUT2D eigenvalue weighted by molar-refractivity contribution is -0.122. The highest BCUT2D eigenvalue weighted by atomic mass is 16.2. The van der Waals surface area contributed by atoms with Crippen molar-refractivity contribution in [3.05, 3.63) is 101 Å². The summed E-state index contributed by atoms with van der Waals surface area (Å²) in [5.74, 6) is -0.334. The van der Waals surface area contributed by atoms with E-state index in [9.17, 15) is 14.4 Å². The number of aryl methyl sites for hydroxylation is 1. The third-order valence-corrected chi connectivity index (χ3v) is 7.17. The van der Waals surface area contributed by atoms with Crippen molar-refractivity contribution in [1.82, 2.24) is 10.2 Å². The Bertz CT molecular complexity index is 1270. The summed E-state index contributed by atoms with van der Waals surface area (Å²) in [6.07, 6.45) is 3.19. The van der Waals surface area contributed by atoms with Crippen molar-refractivity contribution >= 4 is 23.4 Å². The van der Waals surface area contributed by atoms with Crippen LogP contribution in [0.15, 0.2) is 78.9 Å². The Labute approximate surface area is 211 Å². The molecule has 1 saturated heterocycles. The fourth-order valence-electron chi connectivity index (χ4n) is 5.22. The van der Waals surface area contributed by atoms with Crippen LogP contribution < -0.4 is 10.2 Å². The van der Waals surface area contributed by atoms with Gasteiger partial charge in [-0.05, 0) is 61.9 Å². The molecule has 2 aliphatic rings. The first kappa shape index (κ1) is 23.8. The molecule has 3 amide bonds. The molecule has 0 unspecified atom stereocenters. The van der Waals surface area contributed by atoms with Crippen LogP contribution in [0.1, 0.15) is 58.0 Å². The van der Waals surface area contributed by atoms with Crippen LogP contribution in [0, 0.1) is 0 Å². The average molecular weight is 482 g/mol. The fourth-order valence-corrected chi connectivity index (χ4v) is 5.22. The average Bonchev–Trinajstić information content (AvgIpc) is 3.38. The number of carbonyl (C=O) groups is 3. The minimum Gasteiger partial charge on any atom is -0.350 e. The number of fused-ring (bicyclic) bond motifs is 2. The van der Waals surface area contributed by atoms with Gasteiger partial charge in [0.15, 0.2) is 0 Å². The van der Waals surface area contributed by atoms with Crippen molar-refractivity contribution in [2.24, 2.45) is 0 Å². The van der Waals surface area contributed by atoms with Crippen LogP contribution in [0.4, 0.5) is 5.69 Å². The lowest BCUT2D eigenvalue weighted by atomic mass is 10.0. The van der Waals surface area contributed by atoms with Crippen LogP contribution in [0.2, 0.25) is 0 Å². The van der Waals surface area contributed by atoms with Crippen LogP contribution >= 0.6 is 0 Å². The van der Waals surface area contributed by atoms with Gasteiger partial charge in [0.25, 0.3) is 11.8 Å². The summed E-state index contributed by atoms with van der Waals surface area (Å²) in [5, 5.41) is 3.13. The van der Waals surface area contributed by atoms with Crippen LogP contribution in [0.5, 0.6) is 0 Å². The fraction of sp³-hybridized carbons (Fsp3) is 0.300. The van der Waals surface area contributed by atoms with Gasteiger partial charge in [0, 0.05) is 18.2 Å². The molecule has 184 valence electrons. The van der Waals surface area contributed by atoms with Crippen molar-refractivity contribution < 1.29 is 14.4 Å². The minimum absolute atomic E-state index is 0.00373. The first-order valence-electron chi connectivity index (χ1n) is 12.7. The number of hydrogen-bond acceptors (Lipinski definition) is 3. The normalized spacial score (nSPS) is 17.9. The molecule has 0 aliphatic carbocycles. The summed E-state index contributed by atoms with van der Waals surface area (Å²) in [4.78, 5) is 43.5. The van der Waals surface area contributed by atoms with Crippen LogP contribution in [0.3, 0.4) is 0 Å². The summed E-state index contributed by atoms with van der Waals surface area (Å²) in [5.41, 5.74) is 3.69. The van der Waals surface area contributed by atoms with Crippen LogP contribution in [-0.4, -0.2) is 41.2 Å². The zero-order chi connectivity index (χ0) is 25.1. The third kappa shape index (κ3) is 4.76. The number of amides is 3. The molecule has 2 aliphatic heterocycles. The number of carbonyl (C=O) groups excluding carboxylic acids is 3. The molecule has 0 aromatic heterocycles. The molecule has 3 aromatic rings. The Morgan fingerprint density at radius 3 is 2.53 bits per heavy atom. The minimum atomic E-state index is -0.455. The lowest BCUT2D eigenvalue weighted by Crippen LogP contribution is -2.44. The molecule has 0 bridgehead atoms. The highest BCUT2D eigenvalue weighted by molar-refractivity contribution is 6.11. The number of para-hydroxylation sites is 1. The molecule has 5 rings (SSSR count). The number of nitrogens with one attached hydrogen (secondary N) is 1. The maximum atomic E-state index is 13.6. The summed E-state index contributed by atoms with van der Waals surface area (Å²) in [6.45, 7) is 2.84. The van der Waals surface area contributed by atoms with E-state index in [1.807, 2.05) is 61.5 Å². The van der Waals surface area contributed by atoms with Gasteiger partial charge in [-0.1, -0.05) is 60.7 Å². The van der Waals surface area contributed by atoms with E-state index in [0.29, 0.717) is 29.8 Å². The van der Waals surface area contributed by atoms with Gasteiger partial charge in [0.05, 0.1) is 17.8 Å². The highest BCUT2D eigenvalue weighted by Crippen LogP contribution is 2.33. The zero-order valence-corrected chi connectivity index (χ0v) is 20.5. The van der Waals surface area contributed by atoms with Crippen molar-refractivity contribution in [2.45, 2.75) is 51.2 Å². The quantitative estimate of drug-likeness (QED) is 0.537. The van der Waals surface area contributed by atoms with E-state index in [4.69, 9.17) is 0 Å². The van der Waals surface area contributed by atoms with Gasteiger partial charge >= 0.3 is 0 Å². The summed E-state index contributed by atoms with van der Waals surface area (Å²) in [7, 11) is 0. The number of nitrogens with zero attached hydrogens (tertiary/aromatic N) is 2. The number of hydrogen-bond donors (Lipinski definition) is 1. The second-order valence-corrected chi connectivity index (χ2v) is 9.65. The Balaban J connectivity index is 1.37. The Kier molecular flexibility index (Phi) is 6.85. The predicted octanol–water partition coefficient (Wildman–Crippen LogP) is 4.59. The van der Waals surface area contributed by atoms with E-state index in [1.165, 1.54) is 5.56 Å². The predicted molar refractivity (Wildman–Crippen MR) is 140 cm³/mol. The second kappa shape index (κ2) is 10.4. The van der Waals surface area contributed by atoms with E-state index in [2.05, 4.69) is 17.4 Å². The SMILES string of the molecule is C[C@@H](CCc1ccccc1)NC(=O)c1ccccc1CN1C(=O)[C@@H]2CCCN2C(=O)c2ccccc21. The van der Waals surface area contributed by atoms with Crippen molar-refractivity contribution in [1.29, 1.82) is 0 Å². The summed E-state index contributed by atoms with van der Waals surface area (Å²) >= 11 is 0. The van der Waals surface area contributed by atoms with Gasteiger partial charge in [-0.2, -0.15) is 0 Å². The van der Waals surface area contributed by atoms with Crippen molar-refractivity contribution in [3.8, 4) is 0 Å². The monoisotopic (exact) mass is 481 g/mol. The molecule has 6 heteroatoms. The molecule has 2 atom stereocenters. The maximum absolute atomic E-state index is 13.6. The smallest absolute Gasteiger partial charge is 0.256 e. The largest absolute Gasteiger partial charge is 0.350 e. The molecular formula is C30H31N3O3. The van der Waals surface area contributed by atoms with Crippen molar-refractivity contribution in [2.75, 3.05) is 11.4 Å². The first-order chi connectivity index (χ1) is 17.5. The zero-order valence-electron chi connectivity index (χ0n) is 20.5. The molecule has 1 N–H and O–H groups in total. The van der Waals surface area contributed by atoms with Gasteiger partial charge in [0.1, 0.15) is 6.04 Å². The molecule has 0 spiro atoms. The van der Waals surface area contributed by atoms with Gasteiger partial charge < -0.3 is 15.1 Å². The van der Waals surface area contributed by atoms with Crippen LogP contribution in [0.25, 0.3) is 0 Å². The lowest BCUT2D eigenvalue weighted by Gasteiger charge is -2.27. The Hall–Kier alpha value is -3.93. The topological polar surface area (TPSA) is 69.7 Å². The Morgan fingerprint density at radius 2 is 1.69 bits per heavy atom. The highest BCUT2D eigenvalue weighted by Gasteiger charge is 2.42. The molecule has 0 saturated carbocycles. The first-order valence-corrected chi connectivity index (χ1v) is 12.7.